The van der Waals surface area contributed by atoms with Crippen molar-refractivity contribution in [3.05, 3.63) is 84.6 Å². The molecule has 6 heteroatoms. The average molecular weight is 414 g/mol. The zero-order valence-corrected chi connectivity index (χ0v) is 17.0. The van der Waals surface area contributed by atoms with E-state index in [0.29, 0.717) is 11.3 Å². The first kappa shape index (κ1) is 18.8. The van der Waals surface area contributed by atoms with Crippen molar-refractivity contribution < 1.29 is 14.3 Å². The lowest BCUT2D eigenvalue weighted by atomic mass is 9.99. The molecule has 3 heterocycles. The summed E-state index contributed by atoms with van der Waals surface area (Å²) in [6, 6.07) is 23.2. The zero-order valence-electron chi connectivity index (χ0n) is 16.2. The van der Waals surface area contributed by atoms with Crippen molar-refractivity contribution in [2.45, 2.75) is 16.6 Å². The number of pyridine rings is 2. The molecule has 0 saturated carbocycles. The summed E-state index contributed by atoms with van der Waals surface area (Å²) in [6.07, 6.45) is 1.03. The number of ether oxygens (including phenoxy) is 2. The smallest absolute Gasteiger partial charge is 0.219 e. The largest absolute Gasteiger partial charge is 0.462 e. The number of benzene rings is 2. The predicted molar refractivity (Wildman–Crippen MR) is 117 cm³/mol. The topological polar surface area (TPSA) is 61.3 Å². The fraction of sp³-hybridized carbons (Fsp3) is 0.125. The van der Waals surface area contributed by atoms with E-state index in [4.69, 9.17) is 14.5 Å². The molecule has 1 aliphatic heterocycles. The molecule has 4 aromatic rings. The van der Waals surface area contributed by atoms with Crippen LogP contribution in [0.1, 0.15) is 10.4 Å². The quantitative estimate of drug-likeness (QED) is 0.468. The molecular formula is C24H18N2O3S. The van der Waals surface area contributed by atoms with E-state index in [2.05, 4.69) is 4.98 Å². The fourth-order valence-corrected chi connectivity index (χ4v) is 4.55. The highest BCUT2D eigenvalue weighted by molar-refractivity contribution is 8.00. The molecule has 0 fully saturated rings. The molecule has 30 heavy (non-hydrogen) atoms. The molecule has 5 nitrogen and oxygen atoms in total. The first-order chi connectivity index (χ1) is 14.7. The van der Waals surface area contributed by atoms with Gasteiger partial charge >= 0.3 is 0 Å². The Morgan fingerprint density at radius 3 is 2.70 bits per heavy atom. The van der Waals surface area contributed by atoms with Gasteiger partial charge in [-0.1, -0.05) is 42.1 Å². The minimum absolute atomic E-state index is 0.0404. The fourth-order valence-electron chi connectivity index (χ4n) is 3.50. The molecule has 1 aliphatic rings. The Kier molecular flexibility index (Phi) is 4.94. The molecule has 0 bridgehead atoms. The molecule has 2 aromatic heterocycles. The molecule has 0 amide bonds. The standard InChI is InChI=1S/C24H18N2O3S/c1-28-24-23(30-21-8-4-5-13-25-21)22(27)17-14-16(10-12-20(17)29-24)19-11-9-15-6-2-3-7-18(15)26-19/h2-14,23-24H,1H3. The Hall–Kier alpha value is -3.22. The molecule has 0 N–H and O–H groups in total. The highest BCUT2D eigenvalue weighted by Crippen LogP contribution is 2.38. The van der Waals surface area contributed by atoms with E-state index in [-0.39, 0.29) is 5.78 Å². The zero-order chi connectivity index (χ0) is 20.5. The van der Waals surface area contributed by atoms with Crippen molar-refractivity contribution in [2.24, 2.45) is 0 Å². The predicted octanol–water partition coefficient (Wildman–Crippen LogP) is 5.01. The average Bonchev–Trinajstić information content (AvgIpc) is 2.81. The van der Waals surface area contributed by atoms with E-state index in [1.807, 2.05) is 72.8 Å². The molecular weight excluding hydrogens is 396 g/mol. The minimum Gasteiger partial charge on any atom is -0.462 e. The van der Waals surface area contributed by atoms with Crippen molar-refractivity contribution in [2.75, 3.05) is 7.11 Å². The highest BCUT2D eigenvalue weighted by Gasteiger charge is 2.38. The van der Waals surface area contributed by atoms with Gasteiger partial charge in [0.05, 0.1) is 21.8 Å². The van der Waals surface area contributed by atoms with Crippen molar-refractivity contribution in [3.8, 4) is 17.0 Å². The van der Waals surface area contributed by atoms with Crippen molar-refractivity contribution >= 4 is 28.4 Å². The van der Waals surface area contributed by atoms with E-state index in [1.165, 1.54) is 11.8 Å². The maximum atomic E-state index is 13.4. The highest BCUT2D eigenvalue weighted by atomic mass is 32.2. The summed E-state index contributed by atoms with van der Waals surface area (Å²) in [5, 5.41) is 1.28. The molecule has 0 spiro atoms. The number of aromatic nitrogens is 2. The summed E-state index contributed by atoms with van der Waals surface area (Å²) >= 11 is 1.35. The maximum absolute atomic E-state index is 13.4. The number of fused-ring (bicyclic) bond motifs is 2. The molecule has 5 rings (SSSR count). The first-order valence-corrected chi connectivity index (χ1v) is 10.4. The number of hydrogen-bond acceptors (Lipinski definition) is 6. The number of Topliss-reactive ketones (excluding diaryl/α,β-unsaturated/α-hetero) is 1. The number of ketones is 1. The Morgan fingerprint density at radius 2 is 1.87 bits per heavy atom. The number of para-hydroxylation sites is 1. The molecule has 0 aliphatic carbocycles. The summed E-state index contributed by atoms with van der Waals surface area (Å²) < 4.78 is 11.4. The number of carbonyl (C=O) groups excluding carboxylic acids is 1. The van der Waals surface area contributed by atoms with Gasteiger partial charge in [-0.25, -0.2) is 9.97 Å². The summed E-state index contributed by atoms with van der Waals surface area (Å²) in [5.41, 5.74) is 3.13. The number of rotatable bonds is 4. The summed E-state index contributed by atoms with van der Waals surface area (Å²) in [7, 11) is 1.54. The molecule has 2 unspecified atom stereocenters. The van der Waals surface area contributed by atoms with E-state index < -0.39 is 11.5 Å². The van der Waals surface area contributed by atoms with Crippen LogP contribution in [0.5, 0.6) is 5.75 Å². The van der Waals surface area contributed by atoms with E-state index >= 15 is 0 Å². The molecule has 2 atom stereocenters. The third kappa shape index (κ3) is 3.44. The van der Waals surface area contributed by atoms with Crippen LogP contribution in [-0.2, 0) is 4.74 Å². The van der Waals surface area contributed by atoms with E-state index in [9.17, 15) is 4.79 Å². The van der Waals surface area contributed by atoms with Gasteiger partial charge in [-0.05, 0) is 42.5 Å². The Bertz CT molecular complexity index is 1230. The van der Waals surface area contributed by atoms with Crippen LogP contribution >= 0.6 is 11.8 Å². The van der Waals surface area contributed by atoms with Crippen LogP contribution in [0.15, 0.2) is 84.0 Å². The van der Waals surface area contributed by atoms with Crippen molar-refractivity contribution in [3.63, 3.8) is 0 Å². The van der Waals surface area contributed by atoms with Gasteiger partial charge in [0.25, 0.3) is 0 Å². The van der Waals surface area contributed by atoms with E-state index in [1.54, 1.807) is 13.3 Å². The lowest BCUT2D eigenvalue weighted by Gasteiger charge is -2.30. The van der Waals surface area contributed by atoms with Crippen LogP contribution in [0.4, 0.5) is 0 Å². The number of carbonyl (C=O) groups is 1. The third-order valence-corrected chi connectivity index (χ3v) is 6.18. The second-order valence-corrected chi connectivity index (χ2v) is 8.05. The second kappa shape index (κ2) is 7.89. The summed E-state index contributed by atoms with van der Waals surface area (Å²) in [4.78, 5) is 22.4. The van der Waals surface area contributed by atoms with Gasteiger partial charge in [0.2, 0.25) is 6.29 Å². The third-order valence-electron chi connectivity index (χ3n) is 5.01. The maximum Gasteiger partial charge on any atom is 0.219 e. The SMILES string of the molecule is COC1Oc2ccc(-c3ccc4ccccc4n3)cc2C(=O)C1Sc1ccccn1. The molecule has 0 radical (unpaired) electrons. The van der Waals surface area contributed by atoms with Gasteiger partial charge < -0.3 is 9.47 Å². The van der Waals surface area contributed by atoms with Crippen molar-refractivity contribution in [1.29, 1.82) is 0 Å². The summed E-state index contributed by atoms with van der Waals surface area (Å²) in [6.45, 7) is 0. The lowest BCUT2D eigenvalue weighted by molar-refractivity contribution is -0.0535. The van der Waals surface area contributed by atoms with Crippen LogP contribution in [0.2, 0.25) is 0 Å². The van der Waals surface area contributed by atoms with Crippen LogP contribution in [0.25, 0.3) is 22.2 Å². The van der Waals surface area contributed by atoms with Gasteiger partial charge in [0.15, 0.2) is 5.78 Å². The lowest BCUT2D eigenvalue weighted by Crippen LogP contribution is -2.41. The van der Waals surface area contributed by atoms with Gasteiger partial charge in [-0.15, -0.1) is 0 Å². The first-order valence-electron chi connectivity index (χ1n) is 9.54. The molecule has 0 saturated heterocycles. The van der Waals surface area contributed by atoms with E-state index in [0.717, 1.165) is 27.2 Å². The van der Waals surface area contributed by atoms with Crippen LogP contribution in [-0.4, -0.2) is 34.4 Å². The van der Waals surface area contributed by atoms with Crippen LogP contribution < -0.4 is 4.74 Å². The van der Waals surface area contributed by atoms with Gasteiger partial charge in [0.1, 0.15) is 11.0 Å². The number of thioether (sulfide) groups is 1. The molecule has 148 valence electrons. The van der Waals surface area contributed by atoms with Gasteiger partial charge in [0, 0.05) is 24.3 Å². The van der Waals surface area contributed by atoms with Crippen molar-refractivity contribution in [1.82, 2.24) is 9.97 Å². The Balaban J connectivity index is 1.52. The second-order valence-electron chi connectivity index (χ2n) is 6.89. The minimum atomic E-state index is -0.679. The number of methoxy groups -OCH3 is 1. The number of hydrogen-bond donors (Lipinski definition) is 0. The normalized spacial score (nSPS) is 18.1. The Morgan fingerprint density at radius 1 is 1.00 bits per heavy atom. The molecule has 2 aromatic carbocycles. The van der Waals surface area contributed by atoms with Crippen LogP contribution in [0, 0.1) is 0 Å². The number of nitrogens with zero attached hydrogens (tertiary/aromatic N) is 2. The van der Waals surface area contributed by atoms with Gasteiger partial charge in [-0.2, -0.15) is 0 Å². The van der Waals surface area contributed by atoms with Crippen LogP contribution in [0.3, 0.4) is 0 Å². The monoisotopic (exact) mass is 414 g/mol. The van der Waals surface area contributed by atoms with Gasteiger partial charge in [-0.3, -0.25) is 4.79 Å². The summed E-state index contributed by atoms with van der Waals surface area (Å²) in [5.74, 6) is 0.482. The Labute approximate surface area is 178 Å².